The van der Waals surface area contributed by atoms with E-state index in [0.717, 1.165) is 38.0 Å². The number of urea groups is 1. The first-order valence-electron chi connectivity index (χ1n) is 7.94. The Kier molecular flexibility index (Phi) is 5.68. The van der Waals surface area contributed by atoms with Gasteiger partial charge >= 0.3 is 12.0 Å². The van der Waals surface area contributed by atoms with Crippen LogP contribution in [0.2, 0.25) is 0 Å². The number of hydrogen-bond acceptors (Lipinski definition) is 2. The fourth-order valence-electron chi connectivity index (χ4n) is 3.21. The van der Waals surface area contributed by atoms with Crippen LogP contribution < -0.4 is 10.6 Å². The second-order valence-electron chi connectivity index (χ2n) is 6.20. The lowest BCUT2D eigenvalue weighted by molar-refractivity contribution is -0.141. The van der Waals surface area contributed by atoms with Crippen LogP contribution in [0, 0.1) is 11.8 Å². The van der Waals surface area contributed by atoms with Gasteiger partial charge < -0.3 is 15.7 Å². The van der Waals surface area contributed by atoms with Gasteiger partial charge in [0.1, 0.15) is 6.04 Å². The highest BCUT2D eigenvalue weighted by Crippen LogP contribution is 2.29. The van der Waals surface area contributed by atoms with E-state index in [0.29, 0.717) is 6.54 Å². The van der Waals surface area contributed by atoms with Crippen LogP contribution in [0.25, 0.3) is 0 Å². The molecule has 3 N–H and O–H groups in total. The molecule has 0 radical (unpaired) electrons. The van der Waals surface area contributed by atoms with E-state index in [1.807, 2.05) is 0 Å². The Morgan fingerprint density at radius 3 is 2.30 bits per heavy atom. The summed E-state index contributed by atoms with van der Waals surface area (Å²) in [6, 6.07) is -1.07. The van der Waals surface area contributed by atoms with Gasteiger partial charge in [-0.1, -0.05) is 38.5 Å². The first-order chi connectivity index (χ1) is 9.66. The Bertz CT molecular complexity index is 336. The Balaban J connectivity index is 1.71. The number of hydrogen-bond donors (Lipinski definition) is 3. The molecule has 2 aliphatic carbocycles. The van der Waals surface area contributed by atoms with E-state index in [2.05, 4.69) is 10.6 Å². The molecule has 0 aliphatic heterocycles. The molecule has 1 atom stereocenters. The summed E-state index contributed by atoms with van der Waals surface area (Å²) in [5.41, 5.74) is 0. The summed E-state index contributed by atoms with van der Waals surface area (Å²) in [6.07, 6.45) is 9.97. The molecular weight excluding hydrogens is 256 g/mol. The molecule has 0 aromatic carbocycles. The highest BCUT2D eigenvalue weighted by atomic mass is 16.4. The quantitative estimate of drug-likeness (QED) is 0.700. The van der Waals surface area contributed by atoms with E-state index in [1.165, 1.54) is 25.7 Å². The molecule has 20 heavy (non-hydrogen) atoms. The molecule has 2 aliphatic rings. The van der Waals surface area contributed by atoms with Gasteiger partial charge in [0, 0.05) is 6.54 Å². The molecule has 0 spiro atoms. The number of rotatable bonds is 6. The minimum absolute atomic E-state index is 0.0821. The van der Waals surface area contributed by atoms with Crippen molar-refractivity contribution >= 4 is 12.0 Å². The summed E-state index contributed by atoms with van der Waals surface area (Å²) in [5, 5.41) is 14.7. The number of aliphatic carboxylic acids is 1. The van der Waals surface area contributed by atoms with Crippen molar-refractivity contribution in [2.75, 3.05) is 6.54 Å². The minimum Gasteiger partial charge on any atom is -0.480 e. The van der Waals surface area contributed by atoms with Gasteiger partial charge in [-0.05, 0) is 31.1 Å². The molecule has 5 nitrogen and oxygen atoms in total. The fraction of sp³-hybridized carbons (Fsp3) is 0.867. The van der Waals surface area contributed by atoms with Crippen LogP contribution in [-0.2, 0) is 4.79 Å². The number of carboxylic acid groups (broad SMARTS) is 1. The van der Waals surface area contributed by atoms with Gasteiger partial charge in [0.15, 0.2) is 0 Å². The molecule has 2 saturated carbocycles. The van der Waals surface area contributed by atoms with Crippen molar-refractivity contribution in [2.45, 2.75) is 63.8 Å². The number of amides is 2. The van der Waals surface area contributed by atoms with Crippen molar-refractivity contribution in [1.29, 1.82) is 0 Å². The van der Waals surface area contributed by atoms with E-state index in [-0.39, 0.29) is 11.9 Å². The molecule has 0 saturated heterocycles. The van der Waals surface area contributed by atoms with E-state index >= 15 is 0 Å². The van der Waals surface area contributed by atoms with Gasteiger partial charge in [0.05, 0.1) is 0 Å². The number of carbonyl (C=O) groups excluding carboxylic acids is 1. The largest absolute Gasteiger partial charge is 0.480 e. The Hall–Kier alpha value is -1.26. The number of nitrogens with one attached hydrogen (secondary N) is 2. The van der Waals surface area contributed by atoms with Crippen LogP contribution in [0.4, 0.5) is 4.79 Å². The summed E-state index contributed by atoms with van der Waals surface area (Å²) in [4.78, 5) is 23.1. The van der Waals surface area contributed by atoms with Crippen LogP contribution >= 0.6 is 0 Å². The zero-order valence-corrected chi connectivity index (χ0v) is 12.1. The lowest BCUT2D eigenvalue weighted by Gasteiger charge is -2.28. The normalized spacial score (nSPS) is 21.8. The van der Waals surface area contributed by atoms with Gasteiger partial charge in [0.2, 0.25) is 0 Å². The zero-order valence-electron chi connectivity index (χ0n) is 12.1. The molecule has 114 valence electrons. The van der Waals surface area contributed by atoms with Crippen molar-refractivity contribution in [1.82, 2.24) is 10.6 Å². The van der Waals surface area contributed by atoms with Crippen LogP contribution in [0.15, 0.2) is 0 Å². The predicted octanol–water partition coefficient (Wildman–Crippen LogP) is 2.51. The summed E-state index contributed by atoms with van der Waals surface area (Å²) < 4.78 is 0. The fourth-order valence-corrected chi connectivity index (χ4v) is 3.21. The van der Waals surface area contributed by atoms with Crippen molar-refractivity contribution in [3.8, 4) is 0 Å². The second kappa shape index (κ2) is 7.50. The first kappa shape index (κ1) is 15.1. The highest BCUT2D eigenvalue weighted by molar-refractivity contribution is 5.82. The van der Waals surface area contributed by atoms with E-state index in [4.69, 9.17) is 0 Å². The van der Waals surface area contributed by atoms with Crippen molar-refractivity contribution in [3.63, 3.8) is 0 Å². The molecule has 0 aromatic rings. The summed E-state index contributed by atoms with van der Waals surface area (Å²) in [7, 11) is 0. The average Bonchev–Trinajstić information content (AvgIpc) is 2.39. The monoisotopic (exact) mass is 282 g/mol. The summed E-state index contributed by atoms with van der Waals surface area (Å²) >= 11 is 0. The Morgan fingerprint density at radius 2 is 1.75 bits per heavy atom. The first-order valence-corrected chi connectivity index (χ1v) is 7.94. The van der Waals surface area contributed by atoms with Gasteiger partial charge in [-0.15, -0.1) is 0 Å². The Morgan fingerprint density at radius 1 is 1.05 bits per heavy atom. The molecule has 0 heterocycles. The van der Waals surface area contributed by atoms with E-state index in [9.17, 15) is 14.7 Å². The zero-order chi connectivity index (χ0) is 14.4. The summed E-state index contributed by atoms with van der Waals surface area (Å²) in [5.74, 6) is -0.0754. The van der Waals surface area contributed by atoms with Gasteiger partial charge in [-0.2, -0.15) is 0 Å². The van der Waals surface area contributed by atoms with Crippen molar-refractivity contribution in [2.24, 2.45) is 11.8 Å². The molecular formula is C15H26N2O3. The van der Waals surface area contributed by atoms with Crippen molar-refractivity contribution < 1.29 is 14.7 Å². The van der Waals surface area contributed by atoms with Crippen LogP contribution in [0.3, 0.4) is 0 Å². The third kappa shape index (κ3) is 4.39. The lowest BCUT2D eigenvalue weighted by Crippen LogP contribution is -2.50. The van der Waals surface area contributed by atoms with E-state index < -0.39 is 12.0 Å². The van der Waals surface area contributed by atoms with Crippen LogP contribution in [0.5, 0.6) is 0 Å². The number of carbonyl (C=O) groups is 2. The molecule has 5 heteroatoms. The molecule has 2 amide bonds. The third-order valence-electron chi connectivity index (χ3n) is 4.74. The maximum Gasteiger partial charge on any atom is 0.326 e. The lowest BCUT2D eigenvalue weighted by atomic mass is 9.83. The smallest absolute Gasteiger partial charge is 0.326 e. The SMILES string of the molecule is O=C(NCCC1CCC1)NC(C(=O)O)C1CCCCC1. The molecule has 2 rings (SSSR count). The van der Waals surface area contributed by atoms with Gasteiger partial charge in [-0.25, -0.2) is 9.59 Å². The van der Waals surface area contributed by atoms with Crippen LogP contribution in [-0.4, -0.2) is 29.7 Å². The molecule has 2 fully saturated rings. The van der Waals surface area contributed by atoms with Gasteiger partial charge in [-0.3, -0.25) is 0 Å². The summed E-state index contributed by atoms with van der Waals surface area (Å²) in [6.45, 7) is 0.646. The maximum absolute atomic E-state index is 11.8. The molecule has 0 bridgehead atoms. The average molecular weight is 282 g/mol. The second-order valence-corrected chi connectivity index (χ2v) is 6.20. The molecule has 0 aromatic heterocycles. The maximum atomic E-state index is 11.8. The predicted molar refractivity (Wildman–Crippen MR) is 76.5 cm³/mol. The van der Waals surface area contributed by atoms with E-state index in [1.54, 1.807) is 0 Å². The minimum atomic E-state index is -0.911. The highest BCUT2D eigenvalue weighted by Gasteiger charge is 2.30. The topological polar surface area (TPSA) is 78.4 Å². The van der Waals surface area contributed by atoms with Gasteiger partial charge in [0.25, 0.3) is 0 Å². The standard InChI is InChI=1S/C15H26N2O3/c18-14(19)13(12-7-2-1-3-8-12)17-15(20)16-10-9-11-5-4-6-11/h11-13H,1-10H2,(H,18,19)(H2,16,17,20). The Labute approximate surface area is 120 Å². The van der Waals surface area contributed by atoms with Crippen LogP contribution in [0.1, 0.15) is 57.8 Å². The molecule has 1 unspecified atom stereocenters. The number of carboxylic acids is 1. The van der Waals surface area contributed by atoms with Crippen molar-refractivity contribution in [3.05, 3.63) is 0 Å². The third-order valence-corrected chi connectivity index (χ3v) is 4.74.